The van der Waals surface area contributed by atoms with Gasteiger partial charge >= 0.3 is 0 Å². The van der Waals surface area contributed by atoms with E-state index in [2.05, 4.69) is 14.9 Å². The number of nitrogens with zero attached hydrogens (tertiary/aromatic N) is 3. The van der Waals surface area contributed by atoms with E-state index in [9.17, 15) is 4.39 Å². The van der Waals surface area contributed by atoms with Crippen LogP contribution in [0, 0.1) is 11.7 Å². The predicted octanol–water partition coefficient (Wildman–Crippen LogP) is 3.05. The molecule has 0 amide bonds. The summed E-state index contributed by atoms with van der Waals surface area (Å²) >= 11 is 0. The van der Waals surface area contributed by atoms with Gasteiger partial charge in [0.15, 0.2) is 0 Å². The second-order valence-corrected chi connectivity index (χ2v) is 5.90. The van der Waals surface area contributed by atoms with E-state index in [0.717, 1.165) is 43.7 Å². The largest absolute Gasteiger partial charge is 0.368 e. The maximum Gasteiger partial charge on any atom is 0.221 e. The summed E-state index contributed by atoms with van der Waals surface area (Å²) < 4.78 is 13.2. The zero-order valence-electron chi connectivity index (χ0n) is 12.6. The summed E-state index contributed by atoms with van der Waals surface area (Å²) in [6.45, 7) is 1.98. The van der Waals surface area contributed by atoms with Crippen LogP contribution in [0.1, 0.15) is 24.8 Å². The van der Waals surface area contributed by atoms with Crippen molar-refractivity contribution in [3.8, 4) is 0 Å². The molecule has 22 heavy (non-hydrogen) atoms. The fourth-order valence-electron chi connectivity index (χ4n) is 3.11. The van der Waals surface area contributed by atoms with Crippen molar-refractivity contribution in [1.82, 2.24) is 9.97 Å². The van der Waals surface area contributed by atoms with Gasteiger partial charge in [0.2, 0.25) is 5.95 Å². The molecule has 1 saturated heterocycles. The van der Waals surface area contributed by atoms with Gasteiger partial charge in [0.1, 0.15) is 11.6 Å². The van der Waals surface area contributed by atoms with E-state index in [0.29, 0.717) is 11.9 Å². The van der Waals surface area contributed by atoms with Gasteiger partial charge in [0.05, 0.1) is 0 Å². The highest BCUT2D eigenvalue weighted by molar-refractivity contribution is 5.41. The summed E-state index contributed by atoms with van der Waals surface area (Å²) in [5.41, 5.74) is 6.74. The number of piperidine rings is 1. The Morgan fingerprint density at radius 1 is 1.32 bits per heavy atom. The van der Waals surface area contributed by atoms with Crippen LogP contribution in [0.2, 0.25) is 0 Å². The van der Waals surface area contributed by atoms with E-state index < -0.39 is 0 Å². The molecule has 2 N–H and O–H groups in total. The lowest BCUT2D eigenvalue weighted by atomic mass is 9.91. The average molecular weight is 300 g/mol. The van der Waals surface area contributed by atoms with E-state index in [1.807, 2.05) is 12.1 Å². The van der Waals surface area contributed by atoms with Crippen molar-refractivity contribution < 1.29 is 4.39 Å². The molecule has 0 saturated carbocycles. The second-order valence-electron chi connectivity index (χ2n) is 5.90. The van der Waals surface area contributed by atoms with Gasteiger partial charge in [0.25, 0.3) is 0 Å². The normalized spacial score (nSPS) is 18.4. The number of hydrogen-bond donors (Lipinski definition) is 1. The van der Waals surface area contributed by atoms with Gasteiger partial charge < -0.3 is 10.6 Å². The quantitative estimate of drug-likeness (QED) is 0.943. The third-order valence-electron chi connectivity index (χ3n) is 4.23. The minimum atomic E-state index is -0.153. The van der Waals surface area contributed by atoms with Crippen LogP contribution >= 0.6 is 0 Å². The fourth-order valence-corrected chi connectivity index (χ4v) is 3.11. The van der Waals surface area contributed by atoms with Crippen LogP contribution in [0.4, 0.5) is 16.2 Å². The molecule has 2 heterocycles. The molecule has 4 nitrogen and oxygen atoms in total. The first-order chi connectivity index (χ1) is 10.7. The van der Waals surface area contributed by atoms with Gasteiger partial charge in [0, 0.05) is 19.3 Å². The lowest BCUT2D eigenvalue weighted by Gasteiger charge is -2.33. The lowest BCUT2D eigenvalue weighted by Crippen LogP contribution is -2.36. The second kappa shape index (κ2) is 6.73. The van der Waals surface area contributed by atoms with Crippen molar-refractivity contribution in [2.75, 3.05) is 23.7 Å². The van der Waals surface area contributed by atoms with Crippen LogP contribution < -0.4 is 10.6 Å². The summed E-state index contributed by atoms with van der Waals surface area (Å²) in [5.74, 6) is 1.68. The zero-order chi connectivity index (χ0) is 15.4. The maximum absolute atomic E-state index is 13.2. The molecule has 116 valence electrons. The van der Waals surface area contributed by atoms with Gasteiger partial charge in [-0.05, 0) is 55.4 Å². The van der Waals surface area contributed by atoms with Gasteiger partial charge in [-0.25, -0.2) is 9.37 Å². The highest BCUT2D eigenvalue weighted by atomic mass is 19.1. The van der Waals surface area contributed by atoms with Gasteiger partial charge in [-0.3, -0.25) is 0 Å². The number of hydrogen-bond acceptors (Lipinski definition) is 4. The van der Waals surface area contributed by atoms with Crippen LogP contribution in [-0.2, 0) is 6.42 Å². The predicted molar refractivity (Wildman–Crippen MR) is 86.1 cm³/mol. The summed E-state index contributed by atoms with van der Waals surface area (Å²) in [7, 11) is 0. The Kier molecular flexibility index (Phi) is 4.51. The Morgan fingerprint density at radius 3 is 3.05 bits per heavy atom. The molecule has 0 bridgehead atoms. The van der Waals surface area contributed by atoms with E-state index in [4.69, 9.17) is 5.73 Å². The number of nitrogen functional groups attached to an aromatic ring is 1. The van der Waals surface area contributed by atoms with Crippen molar-refractivity contribution in [2.24, 2.45) is 5.92 Å². The number of anilines is 2. The van der Waals surface area contributed by atoms with Gasteiger partial charge in [-0.1, -0.05) is 12.1 Å². The number of halogens is 1. The van der Waals surface area contributed by atoms with E-state index in [-0.39, 0.29) is 5.82 Å². The Hall–Kier alpha value is -2.17. The Morgan fingerprint density at radius 2 is 2.23 bits per heavy atom. The number of aromatic nitrogens is 2. The molecule has 1 unspecified atom stereocenters. The van der Waals surface area contributed by atoms with Gasteiger partial charge in [-0.15, -0.1) is 0 Å². The summed E-state index contributed by atoms with van der Waals surface area (Å²) in [6, 6.07) is 8.80. The molecular formula is C17H21FN4. The number of aryl methyl sites for hydroxylation is 1. The first-order valence-electron chi connectivity index (χ1n) is 7.78. The summed E-state index contributed by atoms with van der Waals surface area (Å²) in [6.07, 6.45) is 6.06. The molecule has 1 atom stereocenters. The molecule has 0 radical (unpaired) electrons. The third kappa shape index (κ3) is 3.72. The highest BCUT2D eigenvalue weighted by Gasteiger charge is 2.21. The van der Waals surface area contributed by atoms with Crippen LogP contribution in [0.25, 0.3) is 0 Å². The zero-order valence-corrected chi connectivity index (χ0v) is 12.6. The summed E-state index contributed by atoms with van der Waals surface area (Å²) in [5, 5.41) is 0. The third-order valence-corrected chi connectivity index (χ3v) is 4.23. The fraction of sp³-hybridized carbons (Fsp3) is 0.412. The molecule has 1 aliphatic heterocycles. The van der Waals surface area contributed by atoms with Crippen molar-refractivity contribution in [2.45, 2.75) is 25.7 Å². The molecule has 1 aromatic heterocycles. The highest BCUT2D eigenvalue weighted by Crippen LogP contribution is 2.25. The van der Waals surface area contributed by atoms with Crippen molar-refractivity contribution >= 4 is 11.8 Å². The Balaban J connectivity index is 1.59. The van der Waals surface area contributed by atoms with Crippen LogP contribution in [0.15, 0.2) is 36.5 Å². The first kappa shape index (κ1) is 14.8. The van der Waals surface area contributed by atoms with E-state index >= 15 is 0 Å². The molecule has 1 fully saturated rings. The number of benzene rings is 1. The van der Waals surface area contributed by atoms with Crippen molar-refractivity contribution in [3.05, 3.63) is 47.9 Å². The van der Waals surface area contributed by atoms with Crippen molar-refractivity contribution in [1.29, 1.82) is 0 Å². The Labute approximate surface area is 130 Å². The number of nitrogens with two attached hydrogens (primary N) is 1. The molecule has 3 rings (SSSR count). The standard InChI is InChI=1S/C17H21FN4/c18-15-5-1-3-13(11-15)6-7-14-4-2-10-22(12-14)16-8-9-20-17(19)21-16/h1,3,5,8-9,11,14H,2,4,6-7,10,12H2,(H2,19,20,21). The minimum absolute atomic E-state index is 0.153. The molecule has 1 aliphatic rings. The molecular weight excluding hydrogens is 279 g/mol. The van der Waals surface area contributed by atoms with Crippen molar-refractivity contribution in [3.63, 3.8) is 0 Å². The average Bonchev–Trinajstić information content (AvgIpc) is 2.53. The van der Waals surface area contributed by atoms with Crippen LogP contribution in [-0.4, -0.2) is 23.1 Å². The smallest absolute Gasteiger partial charge is 0.221 e. The maximum atomic E-state index is 13.2. The lowest BCUT2D eigenvalue weighted by molar-refractivity contribution is 0.390. The summed E-state index contributed by atoms with van der Waals surface area (Å²) in [4.78, 5) is 10.5. The van der Waals surface area contributed by atoms with E-state index in [1.54, 1.807) is 18.3 Å². The van der Waals surface area contributed by atoms with Crippen LogP contribution in [0.5, 0.6) is 0 Å². The van der Waals surface area contributed by atoms with Crippen LogP contribution in [0.3, 0.4) is 0 Å². The molecule has 5 heteroatoms. The molecule has 0 spiro atoms. The monoisotopic (exact) mass is 300 g/mol. The molecule has 0 aliphatic carbocycles. The van der Waals surface area contributed by atoms with Gasteiger partial charge in [-0.2, -0.15) is 4.98 Å². The Bertz CT molecular complexity index is 632. The molecule has 2 aromatic rings. The minimum Gasteiger partial charge on any atom is -0.368 e. The number of rotatable bonds is 4. The van der Waals surface area contributed by atoms with E-state index in [1.165, 1.54) is 12.5 Å². The SMILES string of the molecule is Nc1nccc(N2CCCC(CCc3cccc(F)c3)C2)n1. The first-order valence-corrected chi connectivity index (χ1v) is 7.78. The molecule has 1 aromatic carbocycles. The topological polar surface area (TPSA) is 55.0 Å².